The normalized spacial score (nSPS) is 13.3. The molecule has 0 saturated heterocycles. The number of carbonyl (C=O) groups excluding carboxylic acids is 1. The summed E-state index contributed by atoms with van der Waals surface area (Å²) in [5.41, 5.74) is 0. The number of esters is 1. The van der Waals surface area contributed by atoms with Crippen LogP contribution >= 0.6 is 0 Å². The highest BCUT2D eigenvalue weighted by Crippen LogP contribution is 2.10. The Morgan fingerprint density at radius 1 is 0.581 bits per heavy atom. The molecule has 0 aliphatic rings. The summed E-state index contributed by atoms with van der Waals surface area (Å²) in [6, 6.07) is 0. The van der Waals surface area contributed by atoms with Crippen molar-refractivity contribution < 1.29 is 19.4 Å². The van der Waals surface area contributed by atoms with Gasteiger partial charge in [-0.25, -0.2) is 0 Å². The van der Waals surface area contributed by atoms with Gasteiger partial charge in [0.25, 0.3) is 0 Å². The largest absolute Gasteiger partial charge is 0.457 e. The molecule has 0 aromatic rings. The summed E-state index contributed by atoms with van der Waals surface area (Å²) in [4.78, 5) is 12.1. The van der Waals surface area contributed by atoms with Crippen molar-refractivity contribution >= 4 is 5.97 Å². The molecule has 0 amide bonds. The lowest BCUT2D eigenvalue weighted by Crippen LogP contribution is -2.27. The zero-order valence-electron chi connectivity index (χ0n) is 27.9. The van der Waals surface area contributed by atoms with Crippen LogP contribution in [0.5, 0.6) is 0 Å². The third-order valence-electron chi connectivity index (χ3n) is 7.02. The zero-order valence-corrected chi connectivity index (χ0v) is 27.9. The molecule has 0 aliphatic heterocycles. The number of hydrogen-bond donors (Lipinski definition) is 1. The fourth-order valence-corrected chi connectivity index (χ4v) is 4.39. The summed E-state index contributed by atoms with van der Waals surface area (Å²) in [6.45, 7) is 5.13. The summed E-state index contributed by atoms with van der Waals surface area (Å²) in [7, 11) is 0. The van der Waals surface area contributed by atoms with Gasteiger partial charge in [-0.1, -0.05) is 132 Å². The average Bonchev–Trinajstić information content (AvgIpc) is 3.01. The molecular formula is C39H66O4. The van der Waals surface area contributed by atoms with Crippen LogP contribution in [0.1, 0.15) is 142 Å². The van der Waals surface area contributed by atoms with Crippen LogP contribution in [0.4, 0.5) is 0 Å². The van der Waals surface area contributed by atoms with E-state index in [9.17, 15) is 9.90 Å². The molecule has 0 aromatic carbocycles. The van der Waals surface area contributed by atoms with Crippen molar-refractivity contribution in [2.24, 2.45) is 0 Å². The van der Waals surface area contributed by atoms with Crippen LogP contribution in [-0.4, -0.2) is 37.0 Å². The summed E-state index contributed by atoms with van der Waals surface area (Å²) < 4.78 is 11.1. The predicted molar refractivity (Wildman–Crippen MR) is 186 cm³/mol. The fourth-order valence-electron chi connectivity index (χ4n) is 4.39. The van der Waals surface area contributed by atoms with Crippen LogP contribution in [0.2, 0.25) is 0 Å². The minimum Gasteiger partial charge on any atom is -0.457 e. The van der Waals surface area contributed by atoms with Crippen LogP contribution in [0.15, 0.2) is 72.9 Å². The molecule has 43 heavy (non-hydrogen) atoms. The molecule has 0 radical (unpaired) electrons. The minimum absolute atomic E-state index is 0.192. The lowest BCUT2D eigenvalue weighted by Gasteiger charge is -2.15. The predicted octanol–water partition coefficient (Wildman–Crippen LogP) is 11.1. The van der Waals surface area contributed by atoms with Gasteiger partial charge < -0.3 is 14.6 Å². The first-order valence-electron chi connectivity index (χ1n) is 17.5. The van der Waals surface area contributed by atoms with Crippen molar-refractivity contribution in [1.29, 1.82) is 0 Å². The molecule has 1 unspecified atom stereocenters. The van der Waals surface area contributed by atoms with Crippen molar-refractivity contribution in [1.82, 2.24) is 0 Å². The number of allylic oxidation sites excluding steroid dienone is 12. The first kappa shape index (κ1) is 40.8. The number of ether oxygens (including phenoxy) is 2. The van der Waals surface area contributed by atoms with Crippen LogP contribution in [-0.2, 0) is 14.3 Å². The fraction of sp³-hybridized carbons (Fsp3) is 0.667. The van der Waals surface area contributed by atoms with Gasteiger partial charge in [0.2, 0.25) is 0 Å². The summed E-state index contributed by atoms with van der Waals surface area (Å²) in [5.74, 6) is -0.238. The number of unbranched alkanes of at least 4 members (excludes halogenated alkanes) is 11. The SMILES string of the molecule is CC/C=C\C/C=C\C/C=C\C/C=C\C/C=C\CCCCCC(=O)OC(CO)COCCCCCCCC/C=C\CCCC. The Labute approximate surface area is 266 Å². The number of hydrogen-bond acceptors (Lipinski definition) is 4. The van der Waals surface area contributed by atoms with E-state index >= 15 is 0 Å². The molecule has 0 spiro atoms. The van der Waals surface area contributed by atoms with E-state index in [4.69, 9.17) is 9.47 Å². The summed E-state index contributed by atoms with van der Waals surface area (Å²) in [5, 5.41) is 9.53. The number of aliphatic hydroxyl groups is 1. The highest BCUT2D eigenvalue weighted by molar-refractivity contribution is 5.69. The molecule has 0 rings (SSSR count). The molecule has 246 valence electrons. The van der Waals surface area contributed by atoms with Gasteiger partial charge in [0.1, 0.15) is 6.10 Å². The zero-order chi connectivity index (χ0) is 31.3. The maximum atomic E-state index is 12.1. The Morgan fingerprint density at radius 3 is 1.60 bits per heavy atom. The topological polar surface area (TPSA) is 55.8 Å². The van der Waals surface area contributed by atoms with Crippen LogP contribution < -0.4 is 0 Å². The van der Waals surface area contributed by atoms with Gasteiger partial charge in [-0.05, 0) is 77.0 Å². The number of aliphatic hydroxyl groups excluding tert-OH is 1. The Bertz CT molecular complexity index is 759. The highest BCUT2D eigenvalue weighted by Gasteiger charge is 2.13. The molecule has 1 atom stereocenters. The number of carbonyl (C=O) groups is 1. The number of rotatable bonds is 31. The second-order valence-corrected chi connectivity index (χ2v) is 11.2. The monoisotopic (exact) mass is 598 g/mol. The van der Waals surface area contributed by atoms with Crippen LogP contribution in [0.25, 0.3) is 0 Å². The van der Waals surface area contributed by atoms with E-state index in [0.717, 1.165) is 70.6 Å². The van der Waals surface area contributed by atoms with Crippen LogP contribution in [0, 0.1) is 0 Å². The lowest BCUT2D eigenvalue weighted by molar-refractivity contribution is -0.154. The van der Waals surface area contributed by atoms with E-state index in [-0.39, 0.29) is 19.2 Å². The molecule has 0 heterocycles. The Hall–Kier alpha value is -2.17. The van der Waals surface area contributed by atoms with Crippen molar-refractivity contribution in [2.45, 2.75) is 148 Å². The molecule has 0 aliphatic carbocycles. The lowest BCUT2D eigenvalue weighted by atomic mass is 10.1. The minimum atomic E-state index is -0.556. The van der Waals surface area contributed by atoms with Gasteiger partial charge in [0.05, 0.1) is 13.2 Å². The van der Waals surface area contributed by atoms with Crippen molar-refractivity contribution in [3.63, 3.8) is 0 Å². The molecule has 4 nitrogen and oxygen atoms in total. The van der Waals surface area contributed by atoms with Gasteiger partial charge in [-0.15, -0.1) is 0 Å². The summed E-state index contributed by atoms with van der Waals surface area (Å²) in [6.07, 6.45) is 47.9. The molecule has 0 aromatic heterocycles. The third-order valence-corrected chi connectivity index (χ3v) is 7.02. The summed E-state index contributed by atoms with van der Waals surface area (Å²) >= 11 is 0. The van der Waals surface area contributed by atoms with E-state index in [1.165, 1.54) is 51.4 Å². The Morgan fingerprint density at radius 2 is 1.05 bits per heavy atom. The molecule has 1 N–H and O–H groups in total. The molecular weight excluding hydrogens is 532 g/mol. The molecule has 0 fully saturated rings. The maximum absolute atomic E-state index is 12.1. The van der Waals surface area contributed by atoms with Gasteiger partial charge >= 0.3 is 5.97 Å². The van der Waals surface area contributed by atoms with Gasteiger partial charge in [-0.2, -0.15) is 0 Å². The maximum Gasteiger partial charge on any atom is 0.306 e. The Kier molecular flexibility index (Phi) is 34.2. The van der Waals surface area contributed by atoms with Crippen molar-refractivity contribution in [2.75, 3.05) is 19.8 Å². The van der Waals surface area contributed by atoms with E-state index in [2.05, 4.69) is 86.8 Å². The first-order valence-corrected chi connectivity index (χ1v) is 17.5. The molecule has 4 heteroatoms. The van der Waals surface area contributed by atoms with E-state index < -0.39 is 6.10 Å². The van der Waals surface area contributed by atoms with Crippen LogP contribution in [0.3, 0.4) is 0 Å². The standard InChI is InChI=1S/C39H66O4/c1-3-5-7-9-11-13-15-17-18-19-20-21-22-23-24-26-28-30-32-34-39(41)43-38(36-40)37-42-35-33-31-29-27-25-16-14-12-10-8-6-4-2/h5,7,10-13,17-18,20-21,23-24,38,40H,3-4,6,8-9,14-16,19,22,25-37H2,1-2H3/b7-5-,12-10-,13-11-,18-17-,21-20-,24-23-. The van der Waals surface area contributed by atoms with E-state index in [1.807, 2.05) is 0 Å². The first-order chi connectivity index (χ1) is 21.2. The van der Waals surface area contributed by atoms with Crippen molar-refractivity contribution in [3.05, 3.63) is 72.9 Å². The highest BCUT2D eigenvalue weighted by atomic mass is 16.6. The second-order valence-electron chi connectivity index (χ2n) is 11.2. The quantitative estimate of drug-likeness (QED) is 0.0490. The second kappa shape index (κ2) is 36.0. The van der Waals surface area contributed by atoms with Gasteiger partial charge in [0, 0.05) is 13.0 Å². The smallest absolute Gasteiger partial charge is 0.306 e. The van der Waals surface area contributed by atoms with Crippen molar-refractivity contribution in [3.8, 4) is 0 Å². The average molecular weight is 599 g/mol. The molecule has 0 bridgehead atoms. The Balaban J connectivity index is 3.59. The third kappa shape index (κ3) is 34.2. The van der Waals surface area contributed by atoms with E-state index in [0.29, 0.717) is 13.0 Å². The van der Waals surface area contributed by atoms with E-state index in [1.54, 1.807) is 0 Å². The molecule has 0 saturated carbocycles. The van der Waals surface area contributed by atoms with Gasteiger partial charge in [0.15, 0.2) is 0 Å². The van der Waals surface area contributed by atoms with Gasteiger partial charge in [-0.3, -0.25) is 4.79 Å².